The lowest BCUT2D eigenvalue weighted by molar-refractivity contribution is 0.0598. The van der Waals surface area contributed by atoms with E-state index in [1.807, 2.05) is 48.5 Å². The number of carbonyl (C=O) groups is 2. The second-order valence-corrected chi connectivity index (χ2v) is 8.05. The van der Waals surface area contributed by atoms with E-state index in [1.165, 1.54) is 20.3 Å². The highest BCUT2D eigenvalue weighted by atomic mass is 16.5. The lowest BCUT2D eigenvalue weighted by Crippen LogP contribution is -2.08. The summed E-state index contributed by atoms with van der Waals surface area (Å²) in [4.78, 5) is 23.7. The van der Waals surface area contributed by atoms with Gasteiger partial charge in [0.25, 0.3) is 0 Å². The largest absolute Gasteiger partial charge is 0.494 e. The molecule has 0 fully saturated rings. The van der Waals surface area contributed by atoms with Gasteiger partial charge in [0.05, 0.1) is 50.2 Å². The molecule has 3 aromatic rings. The number of hydrogen-bond acceptors (Lipinski definition) is 7. The standard InChI is InChI=1S/C29H29NO6/c1-33-28(31)24-17-25(29(32)34-2)19-27(18-24)36-16-6-4-3-5-15-35-26-13-11-23(12-14-26)22-9-7-21(20-30)8-10-22/h7-14,17-19H,3-6,15-16H2,1-2H3. The van der Waals surface area contributed by atoms with Crippen molar-refractivity contribution in [3.8, 4) is 28.7 Å². The Bertz CT molecular complexity index is 1160. The molecule has 0 aliphatic heterocycles. The van der Waals surface area contributed by atoms with E-state index in [-0.39, 0.29) is 11.1 Å². The van der Waals surface area contributed by atoms with Gasteiger partial charge in [-0.05, 0) is 79.3 Å². The van der Waals surface area contributed by atoms with Crippen molar-refractivity contribution in [1.82, 2.24) is 0 Å². The van der Waals surface area contributed by atoms with E-state index in [0.717, 1.165) is 42.6 Å². The van der Waals surface area contributed by atoms with Crippen molar-refractivity contribution in [2.45, 2.75) is 25.7 Å². The summed E-state index contributed by atoms with van der Waals surface area (Å²) >= 11 is 0. The molecular weight excluding hydrogens is 458 g/mol. The molecule has 186 valence electrons. The molecule has 0 radical (unpaired) electrons. The smallest absolute Gasteiger partial charge is 0.338 e. The van der Waals surface area contributed by atoms with Crippen LogP contribution < -0.4 is 9.47 Å². The summed E-state index contributed by atoms with van der Waals surface area (Å²) in [6.07, 6.45) is 3.70. The Morgan fingerprint density at radius 1 is 0.667 bits per heavy atom. The first kappa shape index (κ1) is 26.3. The Labute approximate surface area is 211 Å². The maximum Gasteiger partial charge on any atom is 0.338 e. The zero-order chi connectivity index (χ0) is 25.8. The molecule has 36 heavy (non-hydrogen) atoms. The van der Waals surface area contributed by atoms with Gasteiger partial charge in [-0.1, -0.05) is 24.3 Å². The van der Waals surface area contributed by atoms with Crippen LogP contribution in [-0.2, 0) is 9.47 Å². The Kier molecular flexibility index (Phi) is 9.89. The molecule has 0 bridgehead atoms. The van der Waals surface area contributed by atoms with Gasteiger partial charge in [-0.25, -0.2) is 9.59 Å². The average molecular weight is 488 g/mol. The highest BCUT2D eigenvalue weighted by molar-refractivity contribution is 5.96. The number of unbranched alkanes of at least 4 members (excludes halogenated alkanes) is 3. The summed E-state index contributed by atoms with van der Waals surface area (Å²) in [5.74, 6) is 0.151. The monoisotopic (exact) mass is 487 g/mol. The summed E-state index contributed by atoms with van der Waals surface area (Å²) < 4.78 is 21.1. The highest BCUT2D eigenvalue weighted by Crippen LogP contribution is 2.23. The minimum absolute atomic E-state index is 0.234. The molecule has 0 unspecified atom stereocenters. The first-order chi connectivity index (χ1) is 17.5. The van der Waals surface area contributed by atoms with Crippen LogP contribution in [0.4, 0.5) is 0 Å². The third-order valence-electron chi connectivity index (χ3n) is 5.53. The summed E-state index contributed by atoms with van der Waals surface area (Å²) in [6, 6.07) is 22.1. The Hall–Kier alpha value is -4.31. The van der Waals surface area contributed by atoms with Crippen molar-refractivity contribution in [3.05, 3.63) is 83.4 Å². The van der Waals surface area contributed by atoms with E-state index in [4.69, 9.17) is 24.2 Å². The molecule has 3 rings (SSSR count). The average Bonchev–Trinajstić information content (AvgIpc) is 2.93. The van der Waals surface area contributed by atoms with Crippen molar-refractivity contribution in [2.75, 3.05) is 27.4 Å². The highest BCUT2D eigenvalue weighted by Gasteiger charge is 2.14. The van der Waals surface area contributed by atoms with Crippen molar-refractivity contribution < 1.29 is 28.5 Å². The van der Waals surface area contributed by atoms with Gasteiger partial charge in [-0.2, -0.15) is 5.26 Å². The molecule has 0 amide bonds. The number of esters is 2. The summed E-state index contributed by atoms with van der Waals surface area (Å²) in [6.45, 7) is 1.09. The SMILES string of the molecule is COC(=O)c1cc(OCCCCCCOc2ccc(-c3ccc(C#N)cc3)cc2)cc(C(=O)OC)c1. The van der Waals surface area contributed by atoms with E-state index in [0.29, 0.717) is 24.5 Å². The van der Waals surface area contributed by atoms with Crippen molar-refractivity contribution in [2.24, 2.45) is 0 Å². The Balaban J connectivity index is 1.36. The van der Waals surface area contributed by atoms with Gasteiger partial charge in [0.2, 0.25) is 0 Å². The predicted octanol–water partition coefficient (Wildman–Crippen LogP) is 5.82. The number of nitriles is 1. The molecule has 0 atom stereocenters. The van der Waals surface area contributed by atoms with Crippen LogP contribution in [0.2, 0.25) is 0 Å². The van der Waals surface area contributed by atoms with E-state index < -0.39 is 11.9 Å². The van der Waals surface area contributed by atoms with Crippen LogP contribution in [0.15, 0.2) is 66.7 Å². The minimum atomic E-state index is -0.547. The lowest BCUT2D eigenvalue weighted by atomic mass is 10.0. The quantitative estimate of drug-likeness (QED) is 0.235. The zero-order valence-corrected chi connectivity index (χ0v) is 20.5. The molecule has 7 nitrogen and oxygen atoms in total. The molecule has 0 saturated carbocycles. The molecule has 0 heterocycles. The van der Waals surface area contributed by atoms with Crippen LogP contribution >= 0.6 is 0 Å². The van der Waals surface area contributed by atoms with Gasteiger partial charge in [-0.15, -0.1) is 0 Å². The fourth-order valence-electron chi connectivity index (χ4n) is 3.57. The van der Waals surface area contributed by atoms with Crippen LogP contribution in [0.1, 0.15) is 52.0 Å². The molecule has 0 saturated heterocycles. The number of rotatable bonds is 12. The minimum Gasteiger partial charge on any atom is -0.494 e. The molecular formula is C29H29NO6. The molecule has 0 aliphatic carbocycles. The topological polar surface area (TPSA) is 94.9 Å². The van der Waals surface area contributed by atoms with Crippen LogP contribution in [0.3, 0.4) is 0 Å². The second kappa shape index (κ2) is 13.5. The molecule has 0 aromatic heterocycles. The van der Waals surface area contributed by atoms with Crippen LogP contribution in [0, 0.1) is 11.3 Å². The fraction of sp³-hybridized carbons (Fsp3) is 0.276. The van der Waals surface area contributed by atoms with Gasteiger partial charge >= 0.3 is 11.9 Å². The number of ether oxygens (including phenoxy) is 4. The van der Waals surface area contributed by atoms with Gasteiger partial charge < -0.3 is 18.9 Å². The number of methoxy groups -OCH3 is 2. The third-order valence-corrected chi connectivity index (χ3v) is 5.53. The van der Waals surface area contributed by atoms with E-state index in [9.17, 15) is 9.59 Å². The van der Waals surface area contributed by atoms with Crippen molar-refractivity contribution >= 4 is 11.9 Å². The first-order valence-corrected chi connectivity index (χ1v) is 11.7. The van der Waals surface area contributed by atoms with E-state index >= 15 is 0 Å². The van der Waals surface area contributed by atoms with Crippen LogP contribution in [-0.4, -0.2) is 39.4 Å². The number of benzene rings is 3. The first-order valence-electron chi connectivity index (χ1n) is 11.7. The molecule has 0 spiro atoms. The molecule has 0 aliphatic rings. The maximum atomic E-state index is 11.9. The van der Waals surface area contributed by atoms with Crippen LogP contribution in [0.5, 0.6) is 11.5 Å². The van der Waals surface area contributed by atoms with E-state index in [1.54, 1.807) is 12.1 Å². The molecule has 3 aromatic carbocycles. The summed E-state index contributed by atoms with van der Waals surface area (Å²) in [7, 11) is 2.56. The summed E-state index contributed by atoms with van der Waals surface area (Å²) in [5, 5.41) is 8.91. The normalized spacial score (nSPS) is 10.2. The third kappa shape index (κ3) is 7.60. The van der Waals surface area contributed by atoms with Gasteiger partial charge in [0.1, 0.15) is 11.5 Å². The van der Waals surface area contributed by atoms with Gasteiger partial charge in [0.15, 0.2) is 0 Å². The van der Waals surface area contributed by atoms with Crippen molar-refractivity contribution in [3.63, 3.8) is 0 Å². The Morgan fingerprint density at radius 3 is 1.61 bits per heavy atom. The zero-order valence-electron chi connectivity index (χ0n) is 20.5. The summed E-state index contributed by atoms with van der Waals surface area (Å²) in [5.41, 5.74) is 3.24. The Morgan fingerprint density at radius 2 is 1.14 bits per heavy atom. The van der Waals surface area contributed by atoms with E-state index in [2.05, 4.69) is 6.07 Å². The molecule has 7 heteroatoms. The maximum absolute atomic E-state index is 11.9. The van der Waals surface area contributed by atoms with Crippen molar-refractivity contribution in [1.29, 1.82) is 5.26 Å². The van der Waals surface area contributed by atoms with Crippen LogP contribution in [0.25, 0.3) is 11.1 Å². The van der Waals surface area contributed by atoms with Gasteiger partial charge in [0, 0.05) is 0 Å². The predicted molar refractivity (Wildman–Crippen MR) is 135 cm³/mol. The number of carbonyl (C=O) groups excluding carboxylic acids is 2. The number of hydrogen-bond donors (Lipinski definition) is 0. The fourth-order valence-corrected chi connectivity index (χ4v) is 3.57. The van der Waals surface area contributed by atoms with Gasteiger partial charge in [-0.3, -0.25) is 0 Å². The lowest BCUT2D eigenvalue weighted by Gasteiger charge is -2.10. The number of nitrogens with zero attached hydrogens (tertiary/aromatic N) is 1. The second-order valence-electron chi connectivity index (χ2n) is 8.05. The molecule has 0 N–H and O–H groups in total.